The molecule has 0 radical (unpaired) electrons. The lowest BCUT2D eigenvalue weighted by Gasteiger charge is -2.31. The molecule has 0 aromatic carbocycles. The molecule has 1 heterocycles. The standard InChI is InChI=1S/C10H15N2O5/c1-6-7(2)12(17)5-11(6)8(10(15)16)3-4-9(13)14/h8H,3-5H2,1-2H3,(H,13,14)(H,15,16)/q-1/t8-/m0/s1. The van der Waals surface area contributed by atoms with Crippen molar-refractivity contribution in [1.29, 1.82) is 0 Å². The Balaban J connectivity index is 2.80. The van der Waals surface area contributed by atoms with Crippen LogP contribution in [0.25, 0.3) is 0 Å². The van der Waals surface area contributed by atoms with Crippen LogP contribution in [-0.2, 0) is 9.59 Å². The Hall–Kier alpha value is -1.76. The van der Waals surface area contributed by atoms with Crippen LogP contribution >= 0.6 is 0 Å². The number of hydrogen-bond acceptors (Lipinski definition) is 5. The van der Waals surface area contributed by atoms with Gasteiger partial charge in [-0.3, -0.25) is 4.79 Å². The molecule has 0 amide bonds. The van der Waals surface area contributed by atoms with Crippen molar-refractivity contribution in [2.75, 3.05) is 6.67 Å². The van der Waals surface area contributed by atoms with Gasteiger partial charge in [0.05, 0.1) is 6.67 Å². The number of carboxylic acid groups (broad SMARTS) is 2. The number of carbonyl (C=O) groups is 2. The van der Waals surface area contributed by atoms with E-state index < -0.39 is 18.0 Å². The Labute approximate surface area is 98.5 Å². The first kappa shape index (κ1) is 13.3. The molecule has 7 nitrogen and oxygen atoms in total. The lowest BCUT2D eigenvalue weighted by Crippen LogP contribution is -2.40. The number of carboxylic acids is 2. The molecule has 1 aliphatic rings. The molecule has 0 saturated carbocycles. The molecule has 1 aliphatic heterocycles. The van der Waals surface area contributed by atoms with Gasteiger partial charge in [-0.05, 0) is 20.3 Å². The highest BCUT2D eigenvalue weighted by Gasteiger charge is 2.30. The maximum Gasteiger partial charge on any atom is 0.326 e. The summed E-state index contributed by atoms with van der Waals surface area (Å²) in [5.74, 6) is -2.17. The predicted octanol–water partition coefficient (Wildman–Crippen LogP) is 0.629. The fraction of sp³-hybridized carbons (Fsp3) is 0.600. The van der Waals surface area contributed by atoms with Crippen LogP contribution in [0.15, 0.2) is 11.4 Å². The number of allylic oxidation sites excluding steroid dienone is 2. The topological polar surface area (TPSA) is 104 Å². The van der Waals surface area contributed by atoms with Crippen LogP contribution in [-0.4, -0.2) is 44.8 Å². The quantitative estimate of drug-likeness (QED) is 0.729. The third kappa shape index (κ3) is 2.88. The molecule has 0 spiro atoms. The van der Waals surface area contributed by atoms with E-state index in [1.165, 1.54) is 4.90 Å². The second-order valence-electron chi connectivity index (χ2n) is 3.95. The van der Waals surface area contributed by atoms with E-state index in [1.807, 2.05) is 0 Å². The summed E-state index contributed by atoms with van der Waals surface area (Å²) in [6.07, 6.45) is -0.262. The highest BCUT2D eigenvalue weighted by Crippen LogP contribution is 2.25. The van der Waals surface area contributed by atoms with Crippen molar-refractivity contribution < 1.29 is 19.8 Å². The fourth-order valence-electron chi connectivity index (χ4n) is 1.74. The normalized spacial score (nSPS) is 17.6. The van der Waals surface area contributed by atoms with Gasteiger partial charge in [0.2, 0.25) is 0 Å². The minimum atomic E-state index is -1.12. The van der Waals surface area contributed by atoms with Crippen molar-refractivity contribution >= 4 is 11.9 Å². The van der Waals surface area contributed by atoms with Crippen molar-refractivity contribution in [2.24, 2.45) is 0 Å². The van der Waals surface area contributed by atoms with Crippen LogP contribution in [0.5, 0.6) is 0 Å². The van der Waals surface area contributed by atoms with E-state index in [9.17, 15) is 14.8 Å². The van der Waals surface area contributed by atoms with Crippen LogP contribution in [0.4, 0.5) is 0 Å². The van der Waals surface area contributed by atoms with Gasteiger partial charge >= 0.3 is 11.9 Å². The molecular formula is C10H15N2O5-. The number of hydrogen-bond donors (Lipinski definition) is 2. The molecule has 0 aromatic rings. The fourth-order valence-corrected chi connectivity index (χ4v) is 1.74. The van der Waals surface area contributed by atoms with E-state index in [1.54, 1.807) is 13.8 Å². The molecule has 0 aliphatic carbocycles. The minimum Gasteiger partial charge on any atom is -0.757 e. The zero-order valence-corrected chi connectivity index (χ0v) is 9.71. The lowest BCUT2D eigenvalue weighted by molar-refractivity contribution is -0.143. The summed E-state index contributed by atoms with van der Waals surface area (Å²) in [5.41, 5.74) is 1.05. The first-order valence-corrected chi connectivity index (χ1v) is 5.18. The number of hydroxylamine groups is 2. The van der Waals surface area contributed by atoms with E-state index in [-0.39, 0.29) is 19.5 Å². The van der Waals surface area contributed by atoms with Crippen molar-refractivity contribution in [3.63, 3.8) is 0 Å². The highest BCUT2D eigenvalue weighted by atomic mass is 16.5. The van der Waals surface area contributed by atoms with Crippen molar-refractivity contribution in [3.05, 3.63) is 16.6 Å². The van der Waals surface area contributed by atoms with Gasteiger partial charge in [0.1, 0.15) is 6.04 Å². The molecule has 1 atom stereocenters. The van der Waals surface area contributed by atoms with Crippen LogP contribution in [0.1, 0.15) is 26.7 Å². The lowest BCUT2D eigenvalue weighted by atomic mass is 10.1. The Morgan fingerprint density at radius 1 is 1.35 bits per heavy atom. The molecule has 2 N–H and O–H groups in total. The van der Waals surface area contributed by atoms with Gasteiger partial charge in [-0.25, -0.2) is 4.79 Å². The third-order valence-electron chi connectivity index (χ3n) is 2.90. The van der Waals surface area contributed by atoms with Gasteiger partial charge in [-0.15, -0.1) is 0 Å². The van der Waals surface area contributed by atoms with Gasteiger partial charge in [0.25, 0.3) is 0 Å². The smallest absolute Gasteiger partial charge is 0.326 e. The van der Waals surface area contributed by atoms with E-state index in [0.29, 0.717) is 16.5 Å². The summed E-state index contributed by atoms with van der Waals surface area (Å²) in [4.78, 5) is 23.0. The van der Waals surface area contributed by atoms with E-state index in [4.69, 9.17) is 10.2 Å². The first-order chi connectivity index (χ1) is 7.84. The Bertz CT molecular complexity index is 366. The van der Waals surface area contributed by atoms with Crippen molar-refractivity contribution in [2.45, 2.75) is 32.7 Å². The van der Waals surface area contributed by atoms with Gasteiger partial charge < -0.3 is 25.4 Å². The second kappa shape index (κ2) is 5.05. The van der Waals surface area contributed by atoms with Gasteiger partial charge in [-0.2, -0.15) is 0 Å². The predicted molar refractivity (Wildman–Crippen MR) is 58.6 cm³/mol. The number of nitrogens with zero attached hydrogens (tertiary/aromatic N) is 2. The summed E-state index contributed by atoms with van der Waals surface area (Å²) in [6, 6.07) is -0.972. The van der Waals surface area contributed by atoms with E-state index >= 15 is 0 Å². The summed E-state index contributed by atoms with van der Waals surface area (Å²) in [6.45, 7) is 3.20. The molecule has 0 fully saturated rings. The van der Waals surface area contributed by atoms with Crippen LogP contribution in [0.2, 0.25) is 0 Å². The van der Waals surface area contributed by atoms with Crippen LogP contribution in [0.3, 0.4) is 0 Å². The zero-order valence-electron chi connectivity index (χ0n) is 9.71. The summed E-state index contributed by atoms with van der Waals surface area (Å²) in [7, 11) is 0. The minimum absolute atomic E-state index is 0.0247. The van der Waals surface area contributed by atoms with Crippen molar-refractivity contribution in [3.8, 4) is 0 Å². The van der Waals surface area contributed by atoms with E-state index in [2.05, 4.69) is 0 Å². The maximum absolute atomic E-state index is 11.4. The molecule has 7 heteroatoms. The molecule has 17 heavy (non-hydrogen) atoms. The molecular weight excluding hydrogens is 228 g/mol. The van der Waals surface area contributed by atoms with Gasteiger partial charge in [0, 0.05) is 17.8 Å². The Kier molecular flexibility index (Phi) is 3.95. The highest BCUT2D eigenvalue weighted by molar-refractivity contribution is 5.75. The average Bonchev–Trinajstić information content (AvgIpc) is 2.46. The number of rotatable bonds is 5. The largest absolute Gasteiger partial charge is 0.757 e. The Morgan fingerprint density at radius 2 is 1.94 bits per heavy atom. The second-order valence-corrected chi connectivity index (χ2v) is 3.95. The third-order valence-corrected chi connectivity index (χ3v) is 2.90. The summed E-state index contributed by atoms with van der Waals surface area (Å²) < 4.78 is 0. The zero-order chi connectivity index (χ0) is 13.2. The Morgan fingerprint density at radius 3 is 2.29 bits per heavy atom. The van der Waals surface area contributed by atoms with E-state index in [0.717, 1.165) is 0 Å². The van der Waals surface area contributed by atoms with Gasteiger partial charge in [0.15, 0.2) is 0 Å². The maximum atomic E-state index is 11.4. The van der Waals surface area contributed by atoms with Crippen molar-refractivity contribution in [1.82, 2.24) is 9.96 Å². The molecule has 0 aromatic heterocycles. The first-order valence-electron chi connectivity index (χ1n) is 5.18. The summed E-state index contributed by atoms with van der Waals surface area (Å²) >= 11 is 0. The number of aliphatic carboxylic acids is 2. The molecule has 0 bridgehead atoms. The molecule has 1 rings (SSSR count). The molecule has 0 saturated heterocycles. The molecule has 0 unspecified atom stereocenters. The van der Waals surface area contributed by atoms with Crippen LogP contribution in [0, 0.1) is 5.21 Å². The monoisotopic (exact) mass is 243 g/mol. The van der Waals surface area contributed by atoms with Crippen LogP contribution < -0.4 is 0 Å². The average molecular weight is 243 g/mol. The van der Waals surface area contributed by atoms with Gasteiger partial charge in [-0.1, -0.05) is 0 Å². The SMILES string of the molecule is CC1=C(C)N([C@@H](CCC(=O)O)C(=O)O)CN1[O-]. The molecule has 96 valence electrons. The summed E-state index contributed by atoms with van der Waals surface area (Å²) in [5, 5.41) is 29.7.